The second-order valence-corrected chi connectivity index (χ2v) is 6.23. The van der Waals surface area contributed by atoms with E-state index in [0.717, 1.165) is 11.1 Å². The molecule has 2 aromatic heterocycles. The zero-order valence-electron chi connectivity index (χ0n) is 15.9. The molecule has 0 saturated carbocycles. The van der Waals surface area contributed by atoms with Crippen molar-refractivity contribution in [3.63, 3.8) is 0 Å². The Kier molecular flexibility index (Phi) is 6.71. The van der Waals surface area contributed by atoms with E-state index in [1.165, 1.54) is 6.92 Å². The summed E-state index contributed by atoms with van der Waals surface area (Å²) in [4.78, 5) is 31.9. The van der Waals surface area contributed by atoms with Crippen molar-refractivity contribution >= 4 is 29.8 Å². The van der Waals surface area contributed by atoms with E-state index < -0.39 is 0 Å². The first-order chi connectivity index (χ1) is 12.9. The van der Waals surface area contributed by atoms with Crippen molar-refractivity contribution in [2.45, 2.75) is 33.7 Å². The first kappa shape index (κ1) is 21.3. The zero-order valence-corrected chi connectivity index (χ0v) is 16.7. The van der Waals surface area contributed by atoms with E-state index in [1.807, 2.05) is 19.1 Å². The minimum atomic E-state index is -0.279. The van der Waals surface area contributed by atoms with Crippen molar-refractivity contribution in [3.05, 3.63) is 52.6 Å². The molecule has 0 fully saturated rings. The molecule has 0 aliphatic heterocycles. The van der Waals surface area contributed by atoms with Crippen LogP contribution in [0.5, 0.6) is 0 Å². The van der Waals surface area contributed by atoms with Gasteiger partial charge in [-0.2, -0.15) is 5.10 Å². The molecule has 28 heavy (non-hydrogen) atoms. The quantitative estimate of drug-likeness (QED) is 0.471. The zero-order chi connectivity index (χ0) is 19.6. The first-order valence-electron chi connectivity index (χ1n) is 8.70. The molecule has 2 heterocycles. The Morgan fingerprint density at radius 1 is 1.21 bits per heavy atom. The number of hydrogen-bond acceptors (Lipinski definition) is 5. The van der Waals surface area contributed by atoms with E-state index in [0.29, 0.717) is 47.3 Å². The lowest BCUT2D eigenvalue weighted by molar-refractivity contribution is 0.101. The second-order valence-electron chi connectivity index (χ2n) is 6.23. The van der Waals surface area contributed by atoms with Gasteiger partial charge in [-0.3, -0.25) is 14.7 Å². The van der Waals surface area contributed by atoms with Crippen molar-refractivity contribution in [1.29, 1.82) is 0 Å². The number of carbonyl (C=O) groups excluding carboxylic acids is 2. The van der Waals surface area contributed by atoms with Crippen molar-refractivity contribution in [3.8, 4) is 11.4 Å². The van der Waals surface area contributed by atoms with E-state index in [4.69, 9.17) is 5.73 Å². The molecule has 1 amide bonds. The Hall–Kier alpha value is -2.97. The number of halogens is 1. The summed E-state index contributed by atoms with van der Waals surface area (Å²) in [6.07, 6.45) is 0.593. The summed E-state index contributed by atoms with van der Waals surface area (Å²) in [5, 5.41) is 9.73. The van der Waals surface area contributed by atoms with E-state index in [9.17, 15) is 9.59 Å². The molecule has 0 aliphatic rings. The highest BCUT2D eigenvalue weighted by molar-refractivity contribution is 6.07. The Morgan fingerprint density at radius 2 is 1.89 bits per heavy atom. The van der Waals surface area contributed by atoms with Gasteiger partial charge in [-0.15, -0.1) is 12.4 Å². The molecule has 1 aromatic carbocycles. The number of Topliss-reactive ketones (excluding diaryl/α,β-unsaturated/α-hetero) is 1. The predicted molar refractivity (Wildman–Crippen MR) is 110 cm³/mol. The molecule has 9 heteroatoms. The van der Waals surface area contributed by atoms with Crippen LogP contribution in [0, 0.1) is 6.92 Å². The van der Waals surface area contributed by atoms with Crippen LogP contribution in [0.3, 0.4) is 0 Å². The average molecular weight is 403 g/mol. The Labute approximate surface area is 168 Å². The van der Waals surface area contributed by atoms with E-state index in [1.54, 1.807) is 19.1 Å². The molecule has 0 atom stereocenters. The summed E-state index contributed by atoms with van der Waals surface area (Å²) in [6.45, 7) is 5.52. The standard InChI is InChI=1S/C19H22N6O2.ClH/c1-4-14-16(11(3)26)10(2)21-17(14)19(27)22-13-7-5-12(6-8-13)18-23-15(9-20)24-25-18;/h5-8,21H,4,9,20H2,1-3H3,(H,22,27)(H,23,24,25);1H. The third-order valence-electron chi connectivity index (χ3n) is 4.35. The lowest BCUT2D eigenvalue weighted by Gasteiger charge is -2.07. The Balaban J connectivity index is 0.00000280. The van der Waals surface area contributed by atoms with Crippen LogP contribution >= 0.6 is 12.4 Å². The number of benzene rings is 1. The topological polar surface area (TPSA) is 130 Å². The van der Waals surface area contributed by atoms with Crippen molar-refractivity contribution < 1.29 is 9.59 Å². The van der Waals surface area contributed by atoms with E-state index in [-0.39, 0.29) is 24.1 Å². The van der Waals surface area contributed by atoms with Crippen LogP contribution in [0.25, 0.3) is 11.4 Å². The number of nitrogens with one attached hydrogen (secondary N) is 3. The van der Waals surface area contributed by atoms with Crippen LogP contribution < -0.4 is 11.1 Å². The van der Waals surface area contributed by atoms with Crippen LogP contribution in [0.1, 0.15) is 51.8 Å². The maximum absolute atomic E-state index is 12.7. The molecule has 0 bridgehead atoms. The summed E-state index contributed by atoms with van der Waals surface area (Å²) >= 11 is 0. The van der Waals surface area contributed by atoms with Gasteiger partial charge in [0.15, 0.2) is 11.6 Å². The van der Waals surface area contributed by atoms with Crippen LogP contribution in [-0.4, -0.2) is 31.9 Å². The summed E-state index contributed by atoms with van der Waals surface area (Å²) in [5.41, 5.74) is 9.44. The summed E-state index contributed by atoms with van der Waals surface area (Å²) in [5.74, 6) is 0.830. The van der Waals surface area contributed by atoms with Crippen LogP contribution in [0.15, 0.2) is 24.3 Å². The van der Waals surface area contributed by atoms with Gasteiger partial charge in [0, 0.05) is 22.5 Å². The van der Waals surface area contributed by atoms with Gasteiger partial charge in [-0.1, -0.05) is 6.92 Å². The van der Waals surface area contributed by atoms with Crippen molar-refractivity contribution in [2.75, 3.05) is 5.32 Å². The summed E-state index contributed by atoms with van der Waals surface area (Å²) in [6, 6.07) is 7.19. The smallest absolute Gasteiger partial charge is 0.272 e. The molecule has 3 rings (SSSR count). The third-order valence-corrected chi connectivity index (χ3v) is 4.35. The average Bonchev–Trinajstić information content (AvgIpc) is 3.26. The van der Waals surface area contributed by atoms with Gasteiger partial charge >= 0.3 is 0 Å². The second kappa shape index (κ2) is 8.81. The van der Waals surface area contributed by atoms with Crippen molar-refractivity contribution in [2.24, 2.45) is 5.73 Å². The number of anilines is 1. The van der Waals surface area contributed by atoms with Gasteiger partial charge in [-0.05, 0) is 50.1 Å². The number of ketones is 1. The number of nitrogens with two attached hydrogens (primary N) is 1. The largest absolute Gasteiger partial charge is 0.354 e. The third kappa shape index (κ3) is 4.13. The van der Waals surface area contributed by atoms with E-state index >= 15 is 0 Å². The van der Waals surface area contributed by atoms with Gasteiger partial charge in [0.25, 0.3) is 5.91 Å². The van der Waals surface area contributed by atoms with Gasteiger partial charge in [0.05, 0.1) is 6.54 Å². The molecule has 8 nitrogen and oxygen atoms in total. The van der Waals surface area contributed by atoms with Gasteiger partial charge in [-0.25, -0.2) is 4.98 Å². The SMILES string of the molecule is CCc1c(C(=O)Nc2ccc(-c3n[nH]c(CN)n3)cc2)[nH]c(C)c1C(C)=O.Cl. The molecule has 5 N–H and O–H groups in total. The molecule has 0 saturated heterocycles. The van der Waals surface area contributed by atoms with Crippen molar-refractivity contribution in [1.82, 2.24) is 20.2 Å². The summed E-state index contributed by atoms with van der Waals surface area (Å²) < 4.78 is 0. The number of H-pyrrole nitrogens is 2. The van der Waals surface area contributed by atoms with Gasteiger partial charge in [0.2, 0.25) is 0 Å². The normalized spacial score (nSPS) is 10.4. The highest BCUT2D eigenvalue weighted by Gasteiger charge is 2.21. The van der Waals surface area contributed by atoms with Crippen LogP contribution in [-0.2, 0) is 13.0 Å². The fraction of sp³-hybridized carbons (Fsp3) is 0.263. The fourth-order valence-electron chi connectivity index (χ4n) is 3.11. The maximum Gasteiger partial charge on any atom is 0.272 e. The Bertz CT molecular complexity index is 991. The minimum absolute atomic E-state index is 0. The molecule has 148 valence electrons. The highest BCUT2D eigenvalue weighted by Crippen LogP contribution is 2.22. The molecular formula is C19H23ClN6O2. The van der Waals surface area contributed by atoms with Gasteiger partial charge in [0.1, 0.15) is 11.5 Å². The maximum atomic E-state index is 12.7. The highest BCUT2D eigenvalue weighted by atomic mass is 35.5. The number of carbonyl (C=O) groups is 2. The van der Waals surface area contributed by atoms with E-state index in [2.05, 4.69) is 25.5 Å². The number of hydrogen-bond donors (Lipinski definition) is 4. The molecule has 0 spiro atoms. The van der Waals surface area contributed by atoms with Gasteiger partial charge < -0.3 is 16.0 Å². The monoisotopic (exact) mass is 402 g/mol. The number of aromatic nitrogens is 4. The fourth-order valence-corrected chi connectivity index (χ4v) is 3.11. The Morgan fingerprint density at radius 3 is 2.43 bits per heavy atom. The predicted octanol–water partition coefficient (Wildman–Crippen LogP) is 3.01. The number of amides is 1. The minimum Gasteiger partial charge on any atom is -0.354 e. The van der Waals surface area contributed by atoms with Crippen LogP contribution in [0.4, 0.5) is 5.69 Å². The molecule has 0 radical (unpaired) electrons. The number of nitrogens with zero attached hydrogens (tertiary/aromatic N) is 2. The first-order valence-corrected chi connectivity index (χ1v) is 8.70. The lowest BCUT2D eigenvalue weighted by atomic mass is 10.0. The number of rotatable bonds is 6. The number of aromatic amines is 2. The van der Waals surface area contributed by atoms with Crippen LogP contribution in [0.2, 0.25) is 0 Å². The molecule has 0 unspecified atom stereocenters. The molecular weight excluding hydrogens is 380 g/mol. The lowest BCUT2D eigenvalue weighted by Crippen LogP contribution is -2.14. The summed E-state index contributed by atoms with van der Waals surface area (Å²) in [7, 11) is 0. The molecule has 3 aromatic rings. The molecule has 0 aliphatic carbocycles. The number of aryl methyl sites for hydroxylation is 1.